The third kappa shape index (κ3) is 5.40. The highest BCUT2D eigenvalue weighted by atomic mass is 32.1. The summed E-state index contributed by atoms with van der Waals surface area (Å²) < 4.78 is 4.84. The Balaban J connectivity index is 1.23. The second kappa shape index (κ2) is 13.3. The van der Waals surface area contributed by atoms with E-state index in [1.165, 1.54) is 53.2 Å². The Morgan fingerprint density at radius 2 is 0.929 bits per heavy atom. The summed E-state index contributed by atoms with van der Waals surface area (Å²) >= 11 is 1.81. The first-order valence-electron chi connectivity index (χ1n) is 18.8. The standard InChI is InChI=1S/C51H32N4S/c1-5-16-33(17-6-1)36-28-29-43-42(30-36)47-39(25-15-26-44(47)55(43)38-22-11-4-12-23-38)41-31-37(32-46-48(41)40-24-13-14-27-45(40)56-46)51-53-49(34-18-7-2-8-19-34)52-50(54-51)35-20-9-3-10-21-35/h1-32H. The van der Waals surface area contributed by atoms with Crippen LogP contribution >= 0.6 is 11.3 Å². The number of hydrogen-bond acceptors (Lipinski definition) is 4. The highest BCUT2D eigenvalue weighted by Gasteiger charge is 2.22. The molecule has 11 rings (SSSR count). The average Bonchev–Trinajstić information content (AvgIpc) is 3.83. The molecule has 0 amide bonds. The van der Waals surface area contributed by atoms with Crippen molar-refractivity contribution in [1.29, 1.82) is 0 Å². The molecule has 56 heavy (non-hydrogen) atoms. The van der Waals surface area contributed by atoms with Crippen LogP contribution in [-0.2, 0) is 0 Å². The first kappa shape index (κ1) is 32.2. The molecule has 0 radical (unpaired) electrons. The maximum absolute atomic E-state index is 5.17. The number of nitrogens with zero attached hydrogens (tertiary/aromatic N) is 4. The molecule has 11 aromatic rings. The van der Waals surface area contributed by atoms with Crippen LogP contribution in [0, 0.1) is 0 Å². The summed E-state index contributed by atoms with van der Waals surface area (Å²) in [5.41, 5.74) is 11.0. The van der Waals surface area contributed by atoms with Crippen molar-refractivity contribution in [2.75, 3.05) is 0 Å². The Hall–Kier alpha value is -7.21. The highest BCUT2D eigenvalue weighted by Crippen LogP contribution is 2.47. The topological polar surface area (TPSA) is 43.6 Å². The van der Waals surface area contributed by atoms with Gasteiger partial charge < -0.3 is 4.57 Å². The molecular weight excluding hydrogens is 701 g/mol. The Morgan fingerprint density at radius 3 is 1.61 bits per heavy atom. The van der Waals surface area contributed by atoms with Gasteiger partial charge in [0.05, 0.1) is 11.0 Å². The number of aromatic nitrogens is 4. The number of hydrogen-bond donors (Lipinski definition) is 0. The van der Waals surface area contributed by atoms with Crippen molar-refractivity contribution >= 4 is 53.3 Å². The highest BCUT2D eigenvalue weighted by molar-refractivity contribution is 7.26. The Labute approximate surface area is 327 Å². The lowest BCUT2D eigenvalue weighted by atomic mass is 9.93. The zero-order valence-electron chi connectivity index (χ0n) is 30.2. The van der Waals surface area contributed by atoms with Crippen LogP contribution in [0.4, 0.5) is 0 Å². The molecule has 0 N–H and O–H groups in total. The van der Waals surface area contributed by atoms with Gasteiger partial charge in [-0.25, -0.2) is 15.0 Å². The Morgan fingerprint density at radius 1 is 0.339 bits per heavy atom. The van der Waals surface area contributed by atoms with Gasteiger partial charge >= 0.3 is 0 Å². The number of thiophene rings is 1. The van der Waals surface area contributed by atoms with Crippen molar-refractivity contribution in [3.8, 4) is 62.1 Å². The van der Waals surface area contributed by atoms with Crippen molar-refractivity contribution in [3.63, 3.8) is 0 Å². The summed E-state index contributed by atoms with van der Waals surface area (Å²) in [6.07, 6.45) is 0. The molecule has 0 aliphatic heterocycles. The molecule has 4 nitrogen and oxygen atoms in total. The van der Waals surface area contributed by atoms with E-state index in [0.29, 0.717) is 17.5 Å². The molecule has 3 heterocycles. The van der Waals surface area contributed by atoms with Gasteiger partial charge in [0.2, 0.25) is 0 Å². The molecular formula is C51H32N4S. The van der Waals surface area contributed by atoms with E-state index < -0.39 is 0 Å². The smallest absolute Gasteiger partial charge is 0.164 e. The van der Waals surface area contributed by atoms with E-state index in [2.05, 4.69) is 162 Å². The first-order valence-corrected chi connectivity index (χ1v) is 19.6. The summed E-state index contributed by atoms with van der Waals surface area (Å²) in [6, 6.07) is 68.7. The van der Waals surface area contributed by atoms with E-state index in [9.17, 15) is 0 Å². The number of benzene rings is 8. The minimum absolute atomic E-state index is 0.642. The molecule has 0 saturated carbocycles. The molecule has 0 unspecified atom stereocenters. The predicted molar refractivity (Wildman–Crippen MR) is 234 cm³/mol. The van der Waals surface area contributed by atoms with Crippen molar-refractivity contribution in [2.24, 2.45) is 0 Å². The normalized spacial score (nSPS) is 11.6. The van der Waals surface area contributed by atoms with Gasteiger partial charge in [-0.1, -0.05) is 146 Å². The van der Waals surface area contributed by atoms with Crippen LogP contribution in [-0.4, -0.2) is 19.5 Å². The van der Waals surface area contributed by atoms with Gasteiger partial charge in [-0.2, -0.15) is 0 Å². The first-order chi connectivity index (χ1) is 27.8. The average molecular weight is 733 g/mol. The molecule has 0 bridgehead atoms. The minimum Gasteiger partial charge on any atom is -0.309 e. The summed E-state index contributed by atoms with van der Waals surface area (Å²) in [4.78, 5) is 15.3. The zero-order valence-corrected chi connectivity index (χ0v) is 31.0. The van der Waals surface area contributed by atoms with Crippen LogP contribution in [0.3, 0.4) is 0 Å². The number of rotatable bonds is 6. The summed E-state index contributed by atoms with van der Waals surface area (Å²) in [7, 11) is 0. The largest absolute Gasteiger partial charge is 0.309 e. The summed E-state index contributed by atoms with van der Waals surface area (Å²) in [5, 5.41) is 4.90. The second-order valence-corrected chi connectivity index (χ2v) is 15.1. The van der Waals surface area contributed by atoms with Crippen LogP contribution in [0.1, 0.15) is 0 Å². The number of fused-ring (bicyclic) bond motifs is 6. The molecule has 0 aliphatic rings. The predicted octanol–water partition coefficient (Wildman–Crippen LogP) is 13.7. The van der Waals surface area contributed by atoms with Crippen LogP contribution in [0.2, 0.25) is 0 Å². The molecule has 5 heteroatoms. The van der Waals surface area contributed by atoms with Gasteiger partial charge in [-0.3, -0.25) is 0 Å². The van der Waals surface area contributed by atoms with Gasteiger partial charge in [0.25, 0.3) is 0 Å². The molecule has 0 atom stereocenters. The Bertz CT molecular complexity index is 3170. The zero-order chi connectivity index (χ0) is 37.0. The summed E-state index contributed by atoms with van der Waals surface area (Å²) in [5.74, 6) is 1.94. The second-order valence-electron chi connectivity index (χ2n) is 14.0. The fraction of sp³-hybridized carbons (Fsp3) is 0. The lowest BCUT2D eigenvalue weighted by Crippen LogP contribution is -2.00. The van der Waals surface area contributed by atoms with Crippen molar-refractivity contribution in [2.45, 2.75) is 0 Å². The van der Waals surface area contributed by atoms with Gasteiger partial charge in [0.15, 0.2) is 17.5 Å². The third-order valence-corrected chi connectivity index (χ3v) is 11.8. The molecule has 0 spiro atoms. The molecule has 3 aromatic heterocycles. The van der Waals surface area contributed by atoms with Crippen molar-refractivity contribution in [3.05, 3.63) is 194 Å². The number of para-hydroxylation sites is 1. The molecule has 262 valence electrons. The monoisotopic (exact) mass is 732 g/mol. The summed E-state index contributed by atoms with van der Waals surface area (Å²) in [6.45, 7) is 0. The molecule has 0 fully saturated rings. The van der Waals surface area contributed by atoms with Crippen LogP contribution in [0.15, 0.2) is 194 Å². The fourth-order valence-electron chi connectivity index (χ4n) is 8.09. The van der Waals surface area contributed by atoms with Gasteiger partial charge in [-0.05, 0) is 70.8 Å². The Kier molecular flexibility index (Phi) is 7.64. The van der Waals surface area contributed by atoms with Crippen molar-refractivity contribution < 1.29 is 0 Å². The van der Waals surface area contributed by atoms with Crippen LogP contribution in [0.5, 0.6) is 0 Å². The van der Waals surface area contributed by atoms with Crippen molar-refractivity contribution in [1.82, 2.24) is 19.5 Å². The fourth-order valence-corrected chi connectivity index (χ4v) is 9.27. The van der Waals surface area contributed by atoms with E-state index in [1.54, 1.807) is 0 Å². The molecule has 0 saturated heterocycles. The van der Waals surface area contributed by atoms with Gasteiger partial charge in [0, 0.05) is 53.3 Å². The quantitative estimate of drug-likeness (QED) is 0.171. The van der Waals surface area contributed by atoms with Gasteiger partial charge in [-0.15, -0.1) is 11.3 Å². The lowest BCUT2D eigenvalue weighted by molar-refractivity contribution is 1.07. The minimum atomic E-state index is 0.642. The maximum atomic E-state index is 5.17. The van der Waals surface area contributed by atoms with Crippen LogP contribution < -0.4 is 0 Å². The van der Waals surface area contributed by atoms with Crippen LogP contribution in [0.25, 0.3) is 104 Å². The van der Waals surface area contributed by atoms with E-state index >= 15 is 0 Å². The van der Waals surface area contributed by atoms with E-state index in [-0.39, 0.29) is 0 Å². The third-order valence-electron chi connectivity index (χ3n) is 10.6. The lowest BCUT2D eigenvalue weighted by Gasteiger charge is -2.13. The SMILES string of the molecule is c1ccc(-c2ccc3c(c2)c2c(-c4cc(-c5nc(-c6ccccc6)nc(-c6ccccc6)n5)cc5sc6ccccc6c45)cccc2n3-c2ccccc2)cc1. The molecule has 8 aromatic carbocycles. The van der Waals surface area contributed by atoms with E-state index in [1.807, 2.05) is 47.7 Å². The van der Waals surface area contributed by atoms with Gasteiger partial charge in [0.1, 0.15) is 0 Å². The molecule has 0 aliphatic carbocycles. The maximum Gasteiger partial charge on any atom is 0.164 e. The van der Waals surface area contributed by atoms with E-state index in [0.717, 1.165) is 33.5 Å². The van der Waals surface area contributed by atoms with E-state index in [4.69, 9.17) is 15.0 Å².